The molecule has 1 saturated heterocycles. The van der Waals surface area contributed by atoms with E-state index < -0.39 is 0 Å². The standard InChI is InChI=1S/C9H14N4/c1-8-11-6-9(7-12-8)13-4-2-10-3-5-13/h6-7,10H,2-5H2,1H3. The van der Waals surface area contributed by atoms with Crippen molar-refractivity contribution in [3.05, 3.63) is 18.2 Å². The highest BCUT2D eigenvalue weighted by Crippen LogP contribution is 2.10. The average Bonchev–Trinajstić information content (AvgIpc) is 2.20. The van der Waals surface area contributed by atoms with Gasteiger partial charge in [0.05, 0.1) is 18.1 Å². The monoisotopic (exact) mass is 178 g/mol. The van der Waals surface area contributed by atoms with E-state index in [2.05, 4.69) is 20.2 Å². The van der Waals surface area contributed by atoms with Crippen LogP contribution in [0.4, 0.5) is 5.69 Å². The van der Waals surface area contributed by atoms with Gasteiger partial charge in [-0.1, -0.05) is 0 Å². The van der Waals surface area contributed by atoms with Gasteiger partial charge in [0.1, 0.15) is 5.82 Å². The van der Waals surface area contributed by atoms with Gasteiger partial charge in [-0.2, -0.15) is 0 Å². The highest BCUT2D eigenvalue weighted by Gasteiger charge is 2.10. The van der Waals surface area contributed by atoms with Crippen LogP contribution in [0, 0.1) is 6.92 Å². The van der Waals surface area contributed by atoms with Crippen molar-refractivity contribution < 1.29 is 0 Å². The Morgan fingerprint density at radius 3 is 2.46 bits per heavy atom. The maximum atomic E-state index is 4.18. The van der Waals surface area contributed by atoms with Gasteiger partial charge in [-0.05, 0) is 6.92 Å². The number of nitrogens with zero attached hydrogens (tertiary/aromatic N) is 3. The lowest BCUT2D eigenvalue weighted by atomic mass is 10.3. The first-order valence-electron chi connectivity index (χ1n) is 4.60. The summed E-state index contributed by atoms with van der Waals surface area (Å²) < 4.78 is 0. The molecule has 1 aliphatic rings. The fourth-order valence-electron chi connectivity index (χ4n) is 1.47. The zero-order chi connectivity index (χ0) is 9.10. The fourth-order valence-corrected chi connectivity index (χ4v) is 1.47. The Balaban J connectivity index is 2.10. The third-order valence-corrected chi connectivity index (χ3v) is 2.25. The van der Waals surface area contributed by atoms with Gasteiger partial charge >= 0.3 is 0 Å². The number of hydrogen-bond donors (Lipinski definition) is 1. The zero-order valence-corrected chi connectivity index (χ0v) is 7.82. The molecule has 2 heterocycles. The maximum Gasteiger partial charge on any atom is 0.125 e. The third kappa shape index (κ3) is 1.95. The lowest BCUT2D eigenvalue weighted by molar-refractivity contribution is 0.588. The quantitative estimate of drug-likeness (QED) is 0.666. The van der Waals surface area contributed by atoms with E-state index in [1.165, 1.54) is 0 Å². The van der Waals surface area contributed by atoms with E-state index in [4.69, 9.17) is 0 Å². The summed E-state index contributed by atoms with van der Waals surface area (Å²) in [6.07, 6.45) is 3.79. The second-order valence-electron chi connectivity index (χ2n) is 3.23. The van der Waals surface area contributed by atoms with Crippen LogP contribution in [0.25, 0.3) is 0 Å². The van der Waals surface area contributed by atoms with Gasteiger partial charge in [-0.25, -0.2) is 9.97 Å². The summed E-state index contributed by atoms with van der Waals surface area (Å²) in [5.74, 6) is 0.832. The van der Waals surface area contributed by atoms with E-state index in [0.717, 1.165) is 37.7 Å². The van der Waals surface area contributed by atoms with Crippen molar-refractivity contribution in [2.45, 2.75) is 6.92 Å². The molecule has 4 heteroatoms. The first-order chi connectivity index (χ1) is 6.36. The zero-order valence-electron chi connectivity index (χ0n) is 7.82. The lowest BCUT2D eigenvalue weighted by Gasteiger charge is -2.28. The lowest BCUT2D eigenvalue weighted by Crippen LogP contribution is -2.43. The SMILES string of the molecule is Cc1ncc(N2CCNCC2)cn1. The molecule has 0 bridgehead atoms. The molecule has 70 valence electrons. The molecule has 0 spiro atoms. The van der Waals surface area contributed by atoms with Gasteiger partial charge in [0, 0.05) is 26.2 Å². The Morgan fingerprint density at radius 2 is 1.85 bits per heavy atom. The van der Waals surface area contributed by atoms with E-state index >= 15 is 0 Å². The molecule has 2 rings (SSSR count). The highest BCUT2D eigenvalue weighted by atomic mass is 15.2. The molecule has 0 aromatic carbocycles. The highest BCUT2D eigenvalue weighted by molar-refractivity contribution is 5.42. The molecule has 0 unspecified atom stereocenters. The van der Waals surface area contributed by atoms with Gasteiger partial charge in [-0.3, -0.25) is 0 Å². The summed E-state index contributed by atoms with van der Waals surface area (Å²) in [7, 11) is 0. The number of aryl methyl sites for hydroxylation is 1. The molecule has 0 amide bonds. The Morgan fingerprint density at radius 1 is 1.23 bits per heavy atom. The number of rotatable bonds is 1. The van der Waals surface area contributed by atoms with Crippen molar-refractivity contribution in [2.24, 2.45) is 0 Å². The molecular weight excluding hydrogens is 164 g/mol. The summed E-state index contributed by atoms with van der Waals surface area (Å²) in [5, 5.41) is 3.31. The number of piperazine rings is 1. The van der Waals surface area contributed by atoms with E-state index in [9.17, 15) is 0 Å². The Labute approximate surface area is 78.0 Å². The molecular formula is C9H14N4. The summed E-state index contributed by atoms with van der Waals surface area (Å²) in [6.45, 7) is 6.10. The molecule has 0 radical (unpaired) electrons. The van der Waals surface area contributed by atoms with Crippen LogP contribution in [0.1, 0.15) is 5.82 Å². The van der Waals surface area contributed by atoms with Crippen LogP contribution in [0.15, 0.2) is 12.4 Å². The molecule has 13 heavy (non-hydrogen) atoms. The first-order valence-corrected chi connectivity index (χ1v) is 4.60. The number of anilines is 1. The van der Waals surface area contributed by atoms with Gasteiger partial charge in [0.25, 0.3) is 0 Å². The summed E-state index contributed by atoms with van der Waals surface area (Å²) in [4.78, 5) is 10.7. The Bertz CT molecular complexity index is 263. The molecule has 0 aliphatic carbocycles. The van der Waals surface area contributed by atoms with Crippen LogP contribution in [0.3, 0.4) is 0 Å². The number of hydrogen-bond acceptors (Lipinski definition) is 4. The van der Waals surface area contributed by atoms with Gasteiger partial charge in [-0.15, -0.1) is 0 Å². The predicted octanol–water partition coefficient (Wildman–Crippen LogP) is 0.195. The average molecular weight is 178 g/mol. The molecule has 0 atom stereocenters. The first kappa shape index (κ1) is 8.44. The molecule has 1 aromatic rings. The minimum atomic E-state index is 0.832. The second-order valence-corrected chi connectivity index (χ2v) is 3.23. The van der Waals surface area contributed by atoms with Crippen molar-refractivity contribution in [3.8, 4) is 0 Å². The topological polar surface area (TPSA) is 41.1 Å². The predicted molar refractivity (Wildman–Crippen MR) is 51.9 cm³/mol. The minimum absolute atomic E-state index is 0.832. The van der Waals surface area contributed by atoms with Crippen LogP contribution in [0.5, 0.6) is 0 Å². The van der Waals surface area contributed by atoms with Gasteiger partial charge in [0.2, 0.25) is 0 Å². The summed E-state index contributed by atoms with van der Waals surface area (Å²) in [5.41, 5.74) is 1.13. The largest absolute Gasteiger partial charge is 0.366 e. The van der Waals surface area contributed by atoms with E-state index in [-0.39, 0.29) is 0 Å². The Hall–Kier alpha value is -1.16. The third-order valence-electron chi connectivity index (χ3n) is 2.25. The van der Waals surface area contributed by atoms with Crippen molar-refractivity contribution in [2.75, 3.05) is 31.1 Å². The second kappa shape index (κ2) is 3.70. The smallest absolute Gasteiger partial charge is 0.125 e. The van der Waals surface area contributed by atoms with E-state index in [1.807, 2.05) is 19.3 Å². The van der Waals surface area contributed by atoms with Crippen LogP contribution in [0.2, 0.25) is 0 Å². The van der Waals surface area contributed by atoms with Gasteiger partial charge < -0.3 is 10.2 Å². The molecule has 1 aliphatic heterocycles. The van der Waals surface area contributed by atoms with Gasteiger partial charge in [0.15, 0.2) is 0 Å². The molecule has 1 aromatic heterocycles. The minimum Gasteiger partial charge on any atom is -0.366 e. The molecule has 4 nitrogen and oxygen atoms in total. The molecule has 0 saturated carbocycles. The van der Waals surface area contributed by atoms with Crippen LogP contribution < -0.4 is 10.2 Å². The Kier molecular flexibility index (Phi) is 2.40. The van der Waals surface area contributed by atoms with Crippen LogP contribution in [-0.4, -0.2) is 36.1 Å². The summed E-state index contributed by atoms with van der Waals surface area (Å²) >= 11 is 0. The fraction of sp³-hybridized carbons (Fsp3) is 0.556. The van der Waals surface area contributed by atoms with Crippen molar-refractivity contribution in [1.82, 2.24) is 15.3 Å². The van der Waals surface area contributed by atoms with Crippen LogP contribution in [-0.2, 0) is 0 Å². The van der Waals surface area contributed by atoms with Crippen molar-refractivity contribution in [3.63, 3.8) is 0 Å². The van der Waals surface area contributed by atoms with E-state index in [0.29, 0.717) is 0 Å². The number of aromatic nitrogens is 2. The van der Waals surface area contributed by atoms with E-state index in [1.54, 1.807) is 0 Å². The number of nitrogens with one attached hydrogen (secondary N) is 1. The maximum absolute atomic E-state index is 4.18. The normalized spacial score (nSPS) is 17.5. The van der Waals surface area contributed by atoms with Crippen LogP contribution >= 0.6 is 0 Å². The summed E-state index contributed by atoms with van der Waals surface area (Å²) in [6, 6.07) is 0. The molecule has 1 N–H and O–H groups in total. The molecule has 1 fully saturated rings. The van der Waals surface area contributed by atoms with Crippen molar-refractivity contribution in [1.29, 1.82) is 0 Å². The van der Waals surface area contributed by atoms with Crippen molar-refractivity contribution >= 4 is 5.69 Å².